The molecule has 0 aliphatic heterocycles. The van der Waals surface area contributed by atoms with Gasteiger partial charge >= 0.3 is 5.97 Å². The molecule has 0 heterocycles. The molecule has 0 rings (SSSR count). The first kappa shape index (κ1) is 19.3. The van der Waals surface area contributed by atoms with Gasteiger partial charge in [-0.25, -0.2) is 0 Å². The lowest BCUT2D eigenvalue weighted by atomic mass is 10.00. The van der Waals surface area contributed by atoms with E-state index in [1.165, 1.54) is 15.8 Å². The van der Waals surface area contributed by atoms with Gasteiger partial charge in [-0.2, -0.15) is 0 Å². The van der Waals surface area contributed by atoms with Gasteiger partial charge in [0.25, 0.3) is 14.1 Å². The van der Waals surface area contributed by atoms with E-state index in [0.717, 1.165) is 25.7 Å². The molecular weight excluding hydrogens is 227 g/mol. The summed E-state index contributed by atoms with van der Waals surface area (Å²) in [5.74, 6) is -0.754. The van der Waals surface area contributed by atoms with Crippen molar-refractivity contribution in [2.24, 2.45) is 5.92 Å². The van der Waals surface area contributed by atoms with Gasteiger partial charge < -0.3 is 5.11 Å². The third-order valence-corrected chi connectivity index (χ3v) is 6.94. The van der Waals surface area contributed by atoms with E-state index in [1.54, 1.807) is 0 Å². The largest absolute Gasteiger partial charge is 0.481 e. The van der Waals surface area contributed by atoms with Crippen LogP contribution in [-0.4, -0.2) is 25.2 Å². The molecule has 2 nitrogen and oxygen atoms in total. The van der Waals surface area contributed by atoms with E-state index in [1.807, 2.05) is 6.92 Å². The number of rotatable bonds is 8. The number of hydrogen-bond acceptors (Lipinski definition) is 1. The minimum absolute atomic E-state index is 0.111. The fourth-order valence-electron chi connectivity index (χ4n) is 1.82. The summed E-state index contributed by atoms with van der Waals surface area (Å²) < 4.78 is 0. The maximum atomic E-state index is 10.4. The number of hydrogen-bond donors (Lipinski definition) is 1. The van der Waals surface area contributed by atoms with Gasteiger partial charge in [-0.3, -0.25) is 4.79 Å². The standard InChI is InChI=1S/C8H16O2.3C2H5.Al/c1-3-5-6-7(4-2)8(9)10;3*1-2;/h7H,3-6H2,1-2H3,(H,9,10);3*1H2,2H3;. The molecule has 0 aliphatic rings. The Kier molecular flexibility index (Phi) is 16.0. The van der Waals surface area contributed by atoms with Crippen molar-refractivity contribution in [3.05, 3.63) is 0 Å². The van der Waals surface area contributed by atoms with E-state index in [-0.39, 0.29) is 20.1 Å². The van der Waals surface area contributed by atoms with E-state index in [0.29, 0.717) is 0 Å². The predicted molar refractivity (Wildman–Crippen MR) is 78.1 cm³/mol. The second-order valence-electron chi connectivity index (χ2n) is 4.68. The molecule has 0 aromatic rings. The van der Waals surface area contributed by atoms with Crippen molar-refractivity contribution in [3.8, 4) is 0 Å². The molecule has 1 atom stereocenters. The minimum atomic E-state index is -0.643. The Morgan fingerprint density at radius 1 is 1.06 bits per heavy atom. The lowest BCUT2D eigenvalue weighted by Crippen LogP contribution is -2.11. The van der Waals surface area contributed by atoms with E-state index in [9.17, 15) is 4.79 Å². The van der Waals surface area contributed by atoms with Crippen molar-refractivity contribution >= 4 is 20.1 Å². The monoisotopic (exact) mass is 258 g/mol. The highest BCUT2D eigenvalue weighted by molar-refractivity contribution is 6.58. The second kappa shape index (κ2) is 14.1. The van der Waals surface area contributed by atoms with Gasteiger partial charge in [0.15, 0.2) is 0 Å². The number of carbonyl (C=O) groups is 1. The molecule has 1 unspecified atom stereocenters. The average Bonchev–Trinajstić information content (AvgIpc) is 2.33. The molecule has 0 bridgehead atoms. The number of carboxylic acid groups (broad SMARTS) is 1. The minimum Gasteiger partial charge on any atom is -0.481 e. The summed E-state index contributed by atoms with van der Waals surface area (Å²) in [7, 11) is 0. The smallest absolute Gasteiger partial charge is 0.306 e. The Balaban J connectivity index is 0. The Labute approximate surface area is 112 Å². The fraction of sp³-hybridized carbons (Fsp3) is 0.929. The lowest BCUT2D eigenvalue weighted by Gasteiger charge is -2.06. The van der Waals surface area contributed by atoms with E-state index in [4.69, 9.17) is 5.11 Å². The third kappa shape index (κ3) is 12.3. The molecule has 17 heavy (non-hydrogen) atoms. The normalized spacial score (nSPS) is 11.4. The Morgan fingerprint density at radius 3 is 1.71 bits per heavy atom. The highest BCUT2D eigenvalue weighted by Gasteiger charge is 2.12. The molecule has 0 radical (unpaired) electrons. The molecule has 0 fully saturated rings. The van der Waals surface area contributed by atoms with Crippen LogP contribution in [0.15, 0.2) is 0 Å². The molecule has 0 saturated carbocycles. The van der Waals surface area contributed by atoms with Crippen molar-refractivity contribution < 1.29 is 9.90 Å². The fourth-order valence-corrected chi connectivity index (χ4v) is 3.55. The average molecular weight is 258 g/mol. The number of unbranched alkanes of at least 4 members (excludes halogenated alkanes) is 1. The van der Waals surface area contributed by atoms with Crippen molar-refractivity contribution in [2.75, 3.05) is 0 Å². The molecular formula is C14H31AlO2. The number of aliphatic carboxylic acids is 1. The van der Waals surface area contributed by atoms with E-state index >= 15 is 0 Å². The van der Waals surface area contributed by atoms with Crippen LogP contribution >= 0.6 is 0 Å². The summed E-state index contributed by atoms with van der Waals surface area (Å²) in [6.07, 6.45) is 3.71. The highest BCUT2D eigenvalue weighted by atomic mass is 27.2. The van der Waals surface area contributed by atoms with Crippen molar-refractivity contribution in [1.29, 1.82) is 0 Å². The third-order valence-electron chi connectivity index (χ3n) is 3.48. The van der Waals surface area contributed by atoms with Gasteiger partial charge in [-0.1, -0.05) is 63.3 Å². The van der Waals surface area contributed by atoms with Crippen molar-refractivity contribution in [1.82, 2.24) is 0 Å². The van der Waals surface area contributed by atoms with Gasteiger partial charge in [0.05, 0.1) is 5.92 Å². The molecule has 0 saturated heterocycles. The topological polar surface area (TPSA) is 37.3 Å². The van der Waals surface area contributed by atoms with Crippen LogP contribution in [-0.2, 0) is 4.79 Å². The Hall–Kier alpha value is 0.00247. The molecule has 1 N–H and O–H groups in total. The zero-order chi connectivity index (χ0) is 13.7. The Bertz CT molecular complexity index is 162. The molecule has 0 spiro atoms. The molecule has 0 aliphatic carbocycles. The SMILES string of the molecule is CCCCC(CC)C(=O)O.C[CH2][Al]([CH2]C)[CH2]C. The van der Waals surface area contributed by atoms with Crippen LogP contribution in [0.2, 0.25) is 15.8 Å². The maximum Gasteiger partial charge on any atom is 0.306 e. The molecule has 0 amide bonds. The molecule has 0 aromatic heterocycles. The van der Waals surface area contributed by atoms with E-state index < -0.39 is 5.97 Å². The zero-order valence-electron chi connectivity index (χ0n) is 12.5. The van der Waals surface area contributed by atoms with Crippen LogP contribution in [0.25, 0.3) is 0 Å². The summed E-state index contributed by atoms with van der Waals surface area (Å²) >= 11 is -0.171. The Morgan fingerprint density at radius 2 is 1.53 bits per heavy atom. The van der Waals surface area contributed by atoms with Crippen molar-refractivity contribution in [2.45, 2.75) is 76.2 Å². The van der Waals surface area contributed by atoms with Crippen LogP contribution in [0.5, 0.6) is 0 Å². The van der Waals surface area contributed by atoms with Crippen LogP contribution in [0.1, 0.15) is 60.3 Å². The molecule has 3 heteroatoms. The van der Waals surface area contributed by atoms with Crippen LogP contribution in [0, 0.1) is 5.92 Å². The first-order valence-electron chi connectivity index (χ1n) is 7.29. The zero-order valence-corrected chi connectivity index (χ0v) is 13.6. The molecule has 102 valence electrons. The highest BCUT2D eigenvalue weighted by Crippen LogP contribution is 2.11. The van der Waals surface area contributed by atoms with Gasteiger partial charge in [0.1, 0.15) is 0 Å². The van der Waals surface area contributed by atoms with Gasteiger partial charge in [0.2, 0.25) is 0 Å². The van der Waals surface area contributed by atoms with Gasteiger partial charge in [-0.15, -0.1) is 0 Å². The van der Waals surface area contributed by atoms with Crippen LogP contribution in [0.4, 0.5) is 0 Å². The van der Waals surface area contributed by atoms with Gasteiger partial charge in [0, 0.05) is 0 Å². The second-order valence-corrected chi connectivity index (χ2v) is 8.86. The maximum absolute atomic E-state index is 10.4. The lowest BCUT2D eigenvalue weighted by molar-refractivity contribution is -0.142. The van der Waals surface area contributed by atoms with Gasteiger partial charge in [-0.05, 0) is 12.8 Å². The first-order chi connectivity index (χ1) is 8.06. The summed E-state index contributed by atoms with van der Waals surface area (Å²) in [5.41, 5.74) is 0. The summed E-state index contributed by atoms with van der Waals surface area (Å²) in [6.45, 7) is 11.0. The molecule has 0 aromatic carbocycles. The van der Waals surface area contributed by atoms with Crippen molar-refractivity contribution in [3.63, 3.8) is 0 Å². The van der Waals surface area contributed by atoms with Crippen LogP contribution < -0.4 is 0 Å². The quantitative estimate of drug-likeness (QED) is 0.633. The van der Waals surface area contributed by atoms with E-state index in [2.05, 4.69) is 27.7 Å². The summed E-state index contributed by atoms with van der Waals surface area (Å²) in [4.78, 5) is 10.4. The first-order valence-corrected chi connectivity index (χ1v) is 9.74. The number of carboxylic acids is 1. The predicted octanol–water partition coefficient (Wildman–Crippen LogP) is 4.83. The summed E-state index contributed by atoms with van der Waals surface area (Å²) in [5, 5.41) is 13.1. The van der Waals surface area contributed by atoms with Crippen LogP contribution in [0.3, 0.4) is 0 Å². The summed E-state index contributed by atoms with van der Waals surface area (Å²) in [6, 6.07) is 0.